The van der Waals surface area contributed by atoms with Crippen LogP contribution in [-0.2, 0) is 17.1 Å². The summed E-state index contributed by atoms with van der Waals surface area (Å²) in [6.07, 6.45) is -7.78. The Balaban J connectivity index is 1.70. The fourth-order valence-corrected chi connectivity index (χ4v) is 3.76. The van der Waals surface area contributed by atoms with Crippen LogP contribution in [0.25, 0.3) is 0 Å². The van der Waals surface area contributed by atoms with Gasteiger partial charge in [-0.3, -0.25) is 9.69 Å². The Kier molecular flexibility index (Phi) is 6.85. The number of anilines is 2. The summed E-state index contributed by atoms with van der Waals surface area (Å²) in [5, 5.41) is 2.72. The number of rotatable bonds is 6. The molecule has 4 nitrogen and oxygen atoms in total. The molecule has 4 rings (SSSR count). The standard InChI is InChI=1S/C25H16F8N2O2/c26-23(27)37-19-3-1-2-14(12-19)21-13-20(34-17-8-4-15(5-9-17)24(28,29)30)22(36)35(21)18-10-6-16(7-11-18)25(31,32)33/h1-13,21,23,34H. The van der Waals surface area contributed by atoms with E-state index in [9.17, 15) is 39.9 Å². The Hall–Kier alpha value is -4.09. The van der Waals surface area contributed by atoms with E-state index >= 15 is 0 Å². The fraction of sp³-hybridized carbons (Fsp3) is 0.160. The zero-order valence-corrected chi connectivity index (χ0v) is 18.4. The third kappa shape index (κ3) is 5.84. The van der Waals surface area contributed by atoms with E-state index in [0.717, 1.165) is 53.4 Å². The Labute approximate surface area is 204 Å². The van der Waals surface area contributed by atoms with Gasteiger partial charge in [0.15, 0.2) is 0 Å². The number of ether oxygens (including phenoxy) is 1. The highest BCUT2D eigenvalue weighted by molar-refractivity contribution is 6.11. The number of alkyl halides is 8. The monoisotopic (exact) mass is 528 g/mol. The molecule has 12 heteroatoms. The zero-order chi connectivity index (χ0) is 27.0. The van der Waals surface area contributed by atoms with Gasteiger partial charge in [0.05, 0.1) is 17.2 Å². The van der Waals surface area contributed by atoms with Crippen LogP contribution in [0.4, 0.5) is 46.5 Å². The highest BCUT2D eigenvalue weighted by Gasteiger charge is 2.36. The molecule has 3 aromatic carbocycles. The van der Waals surface area contributed by atoms with Gasteiger partial charge in [-0.1, -0.05) is 12.1 Å². The normalized spacial score (nSPS) is 16.2. The van der Waals surface area contributed by atoms with Crippen LogP contribution in [0.3, 0.4) is 0 Å². The van der Waals surface area contributed by atoms with Gasteiger partial charge in [-0.2, -0.15) is 35.1 Å². The lowest BCUT2D eigenvalue weighted by Gasteiger charge is -2.26. The first-order valence-corrected chi connectivity index (χ1v) is 10.5. The molecule has 1 atom stereocenters. The predicted molar refractivity (Wildman–Crippen MR) is 118 cm³/mol. The van der Waals surface area contributed by atoms with Crippen LogP contribution in [0.1, 0.15) is 22.7 Å². The van der Waals surface area contributed by atoms with Crippen molar-refractivity contribution in [1.82, 2.24) is 0 Å². The highest BCUT2D eigenvalue weighted by atomic mass is 19.4. The van der Waals surface area contributed by atoms with Crippen LogP contribution in [-0.4, -0.2) is 12.5 Å². The molecule has 0 aromatic heterocycles. The topological polar surface area (TPSA) is 41.6 Å². The molecule has 1 N–H and O–H groups in total. The van der Waals surface area contributed by atoms with Gasteiger partial charge in [-0.05, 0) is 72.3 Å². The van der Waals surface area contributed by atoms with Crippen LogP contribution in [0.5, 0.6) is 5.75 Å². The van der Waals surface area contributed by atoms with Crippen molar-refractivity contribution in [2.24, 2.45) is 0 Å². The number of halogens is 8. The third-order valence-electron chi connectivity index (χ3n) is 5.44. The molecule has 0 spiro atoms. The van der Waals surface area contributed by atoms with Crippen molar-refractivity contribution in [2.45, 2.75) is 25.0 Å². The Bertz CT molecular complexity index is 1300. The van der Waals surface area contributed by atoms with E-state index in [4.69, 9.17) is 0 Å². The minimum Gasteiger partial charge on any atom is -0.435 e. The summed E-state index contributed by atoms with van der Waals surface area (Å²) in [5.41, 5.74) is -1.40. The van der Waals surface area contributed by atoms with Crippen LogP contribution < -0.4 is 15.0 Å². The van der Waals surface area contributed by atoms with Crippen LogP contribution in [0.2, 0.25) is 0 Å². The van der Waals surface area contributed by atoms with E-state index in [0.29, 0.717) is 5.56 Å². The molecule has 0 bridgehead atoms. The molecule has 0 saturated carbocycles. The summed E-state index contributed by atoms with van der Waals surface area (Å²) in [6, 6.07) is 12.1. The van der Waals surface area contributed by atoms with Crippen molar-refractivity contribution in [2.75, 3.05) is 10.2 Å². The summed E-state index contributed by atoms with van der Waals surface area (Å²) in [5.74, 6) is -0.908. The Morgan fingerprint density at radius 3 is 1.92 bits per heavy atom. The molecule has 0 radical (unpaired) electrons. The van der Waals surface area contributed by atoms with Gasteiger partial charge in [0.1, 0.15) is 11.4 Å². The number of carbonyl (C=O) groups is 1. The number of nitrogens with zero attached hydrogens (tertiary/aromatic N) is 1. The Morgan fingerprint density at radius 2 is 1.38 bits per heavy atom. The molecule has 37 heavy (non-hydrogen) atoms. The average molecular weight is 528 g/mol. The molecule has 1 heterocycles. The summed E-state index contributed by atoms with van der Waals surface area (Å²) in [4.78, 5) is 14.4. The summed E-state index contributed by atoms with van der Waals surface area (Å²) in [7, 11) is 0. The second-order valence-corrected chi connectivity index (χ2v) is 7.90. The molecule has 0 fully saturated rings. The number of amides is 1. The molecule has 1 amide bonds. The largest absolute Gasteiger partial charge is 0.435 e. The van der Waals surface area contributed by atoms with Gasteiger partial charge >= 0.3 is 19.0 Å². The number of hydrogen-bond acceptors (Lipinski definition) is 3. The summed E-state index contributed by atoms with van der Waals surface area (Å²) < 4.78 is 107. The Morgan fingerprint density at radius 1 is 0.811 bits per heavy atom. The van der Waals surface area contributed by atoms with Crippen LogP contribution in [0.15, 0.2) is 84.6 Å². The number of hydrogen-bond donors (Lipinski definition) is 1. The van der Waals surface area contributed by atoms with E-state index < -0.39 is 42.0 Å². The lowest BCUT2D eigenvalue weighted by Crippen LogP contribution is -2.30. The van der Waals surface area contributed by atoms with Crippen LogP contribution in [0, 0.1) is 0 Å². The smallest absolute Gasteiger partial charge is 0.416 e. The first-order chi connectivity index (χ1) is 17.3. The van der Waals surface area contributed by atoms with E-state index in [2.05, 4.69) is 10.1 Å². The van der Waals surface area contributed by atoms with Crippen molar-refractivity contribution in [3.8, 4) is 5.75 Å². The second-order valence-electron chi connectivity index (χ2n) is 7.90. The molecule has 194 valence electrons. The van der Waals surface area contributed by atoms with Gasteiger partial charge in [0.2, 0.25) is 0 Å². The summed E-state index contributed by atoms with van der Waals surface area (Å²) in [6.45, 7) is -3.11. The van der Waals surface area contributed by atoms with E-state index in [1.165, 1.54) is 30.3 Å². The zero-order valence-electron chi connectivity index (χ0n) is 18.4. The summed E-state index contributed by atoms with van der Waals surface area (Å²) >= 11 is 0. The molecule has 0 saturated heterocycles. The lowest BCUT2D eigenvalue weighted by atomic mass is 10.1. The lowest BCUT2D eigenvalue weighted by molar-refractivity contribution is -0.138. The highest BCUT2D eigenvalue weighted by Crippen LogP contribution is 2.39. The van der Waals surface area contributed by atoms with Crippen molar-refractivity contribution < 1.29 is 44.7 Å². The maximum atomic E-state index is 13.3. The SMILES string of the molecule is O=C1C(Nc2ccc(C(F)(F)F)cc2)=CC(c2cccc(OC(F)F)c2)N1c1ccc(C(F)(F)F)cc1. The van der Waals surface area contributed by atoms with Gasteiger partial charge in [0.25, 0.3) is 5.91 Å². The maximum Gasteiger partial charge on any atom is 0.416 e. The fourth-order valence-electron chi connectivity index (χ4n) is 3.76. The maximum absolute atomic E-state index is 13.3. The van der Waals surface area contributed by atoms with Gasteiger partial charge in [-0.15, -0.1) is 0 Å². The number of benzene rings is 3. The number of nitrogens with one attached hydrogen (secondary N) is 1. The van der Waals surface area contributed by atoms with Gasteiger partial charge < -0.3 is 10.1 Å². The number of carbonyl (C=O) groups excluding carboxylic acids is 1. The molecule has 3 aromatic rings. The molecule has 1 unspecified atom stereocenters. The van der Waals surface area contributed by atoms with Crippen molar-refractivity contribution >= 4 is 17.3 Å². The molecular weight excluding hydrogens is 512 g/mol. The molecular formula is C25H16F8N2O2. The minimum atomic E-state index is -4.61. The molecule has 1 aliphatic rings. The van der Waals surface area contributed by atoms with E-state index in [-0.39, 0.29) is 22.8 Å². The second kappa shape index (κ2) is 9.75. The van der Waals surface area contributed by atoms with Gasteiger partial charge in [0, 0.05) is 11.4 Å². The van der Waals surface area contributed by atoms with E-state index in [1.807, 2.05) is 0 Å². The van der Waals surface area contributed by atoms with Crippen LogP contribution >= 0.6 is 0 Å². The van der Waals surface area contributed by atoms with Crippen molar-refractivity contribution in [3.05, 3.63) is 101 Å². The van der Waals surface area contributed by atoms with Gasteiger partial charge in [-0.25, -0.2) is 0 Å². The molecule has 1 aliphatic heterocycles. The van der Waals surface area contributed by atoms with E-state index in [1.54, 1.807) is 0 Å². The quantitative estimate of drug-likeness (QED) is 0.339. The first-order valence-electron chi connectivity index (χ1n) is 10.5. The first kappa shape index (κ1) is 26.0. The minimum absolute atomic E-state index is 0.0728. The van der Waals surface area contributed by atoms with Crippen molar-refractivity contribution in [1.29, 1.82) is 0 Å². The molecule has 0 aliphatic carbocycles. The van der Waals surface area contributed by atoms with Crippen molar-refractivity contribution in [3.63, 3.8) is 0 Å². The predicted octanol–water partition coefficient (Wildman–Crippen LogP) is 7.41. The third-order valence-corrected chi connectivity index (χ3v) is 5.44. The average Bonchev–Trinajstić information content (AvgIpc) is 3.14.